The third-order valence-corrected chi connectivity index (χ3v) is 3.80. The Morgan fingerprint density at radius 3 is 3.19 bits per heavy atom. The van der Waals surface area contributed by atoms with Crippen molar-refractivity contribution >= 4 is 23.4 Å². The molecule has 1 atom stereocenters. The fraction of sp³-hybridized carbons (Fsp3) is 0.364. The summed E-state index contributed by atoms with van der Waals surface area (Å²) >= 11 is 1.58. The summed E-state index contributed by atoms with van der Waals surface area (Å²) in [6.07, 6.45) is 0.106. The van der Waals surface area contributed by atoms with Crippen molar-refractivity contribution in [3.8, 4) is 0 Å². The maximum atomic E-state index is 11.3. The van der Waals surface area contributed by atoms with Crippen LogP contribution in [0.4, 0.5) is 5.69 Å². The maximum absolute atomic E-state index is 11.3. The largest absolute Gasteiger partial charge is 0.357 e. The van der Waals surface area contributed by atoms with Crippen LogP contribution in [0.1, 0.15) is 11.7 Å². The van der Waals surface area contributed by atoms with Gasteiger partial charge in [0.2, 0.25) is 5.91 Å². The van der Waals surface area contributed by atoms with E-state index >= 15 is 0 Å². The molecule has 0 saturated carbocycles. The number of anilines is 1. The molecule has 0 aromatic heterocycles. The molecule has 1 saturated heterocycles. The summed E-state index contributed by atoms with van der Waals surface area (Å²) in [5.41, 5.74) is 2.03. The second-order valence-corrected chi connectivity index (χ2v) is 4.86. The lowest BCUT2D eigenvalue weighted by molar-refractivity contribution is -0.113. The maximum Gasteiger partial charge on any atom is 0.234 e. The Balaban J connectivity index is 1.91. The van der Waals surface area contributed by atoms with Crippen molar-refractivity contribution in [1.29, 1.82) is 0 Å². The van der Waals surface area contributed by atoms with E-state index in [1.807, 2.05) is 6.07 Å². The van der Waals surface area contributed by atoms with Gasteiger partial charge in [-0.05, 0) is 17.7 Å². The summed E-state index contributed by atoms with van der Waals surface area (Å²) in [6, 6.07) is 6.13. The Bertz CT molecular complexity index is 430. The molecule has 1 unspecified atom stereocenters. The average Bonchev–Trinajstić information content (AvgIpc) is 2.81. The fourth-order valence-corrected chi connectivity index (χ4v) is 2.71. The summed E-state index contributed by atoms with van der Waals surface area (Å²) in [5, 5.41) is 6.03. The monoisotopic (exact) mass is 236 g/mol. The molecule has 0 bridgehead atoms. The van der Waals surface area contributed by atoms with Crippen LogP contribution in [-0.4, -0.2) is 24.9 Å². The molecule has 84 valence electrons. The third-order valence-electron chi connectivity index (χ3n) is 2.72. The highest BCUT2D eigenvalue weighted by molar-refractivity contribution is 8.00. The topological polar surface area (TPSA) is 50.4 Å². The van der Waals surface area contributed by atoms with Gasteiger partial charge in [0, 0.05) is 11.4 Å². The number of benzene rings is 1. The summed E-state index contributed by atoms with van der Waals surface area (Å²) in [7, 11) is 0. The summed E-state index contributed by atoms with van der Waals surface area (Å²) in [5.74, 6) is 0.577. The van der Waals surface area contributed by atoms with Crippen LogP contribution >= 0.6 is 11.8 Å². The van der Waals surface area contributed by atoms with Crippen LogP contribution in [0.25, 0.3) is 0 Å². The summed E-state index contributed by atoms with van der Waals surface area (Å²) in [6.45, 7) is 1.43. The number of thioether (sulfide) groups is 1. The van der Waals surface area contributed by atoms with Crippen LogP contribution in [0, 0.1) is 0 Å². The number of nitrogens with one attached hydrogen (secondary N) is 2. The van der Waals surface area contributed by atoms with Crippen LogP contribution in [0.3, 0.4) is 0 Å². The molecule has 1 aromatic carbocycles. The highest BCUT2D eigenvalue weighted by Crippen LogP contribution is 2.34. The zero-order valence-corrected chi connectivity index (χ0v) is 9.47. The molecule has 5 heteroatoms. The molecular formula is C11H12N2O2S. The molecule has 4 nitrogen and oxygen atoms in total. The molecule has 2 N–H and O–H groups in total. The van der Waals surface area contributed by atoms with Crippen molar-refractivity contribution in [2.75, 3.05) is 24.3 Å². The van der Waals surface area contributed by atoms with Gasteiger partial charge in [0.15, 0.2) is 0 Å². The van der Waals surface area contributed by atoms with Crippen molar-refractivity contribution in [2.45, 2.75) is 11.0 Å². The smallest absolute Gasteiger partial charge is 0.234 e. The van der Waals surface area contributed by atoms with Crippen LogP contribution in [0.5, 0.6) is 0 Å². The zero-order chi connectivity index (χ0) is 11.0. The van der Waals surface area contributed by atoms with Gasteiger partial charge in [-0.15, -0.1) is 11.8 Å². The Hall–Kier alpha value is -1.04. The SMILES string of the molecule is O=C1CSc2ccc(C3CNCO3)cc2N1. The van der Waals surface area contributed by atoms with Gasteiger partial charge in [-0.3, -0.25) is 10.1 Å². The number of hydrogen-bond acceptors (Lipinski definition) is 4. The van der Waals surface area contributed by atoms with E-state index in [4.69, 9.17) is 4.74 Å². The minimum Gasteiger partial charge on any atom is -0.357 e. The minimum absolute atomic E-state index is 0.0696. The first-order valence-corrected chi connectivity index (χ1v) is 6.20. The molecule has 0 aliphatic carbocycles. The molecule has 1 aromatic rings. The van der Waals surface area contributed by atoms with E-state index in [0.29, 0.717) is 12.5 Å². The molecule has 2 aliphatic heterocycles. The van der Waals surface area contributed by atoms with E-state index in [1.165, 1.54) is 0 Å². The first-order chi connectivity index (χ1) is 7.83. The number of fused-ring (bicyclic) bond motifs is 1. The van der Waals surface area contributed by atoms with Gasteiger partial charge in [-0.2, -0.15) is 0 Å². The lowest BCUT2D eigenvalue weighted by Crippen LogP contribution is -2.19. The lowest BCUT2D eigenvalue weighted by atomic mass is 10.1. The fourth-order valence-electron chi connectivity index (χ4n) is 1.92. The Labute approximate surface area is 97.7 Å². The molecule has 1 fully saturated rings. The highest BCUT2D eigenvalue weighted by atomic mass is 32.2. The van der Waals surface area contributed by atoms with E-state index in [9.17, 15) is 4.79 Å². The molecule has 3 rings (SSSR count). The molecule has 2 heterocycles. The standard InChI is InChI=1S/C11H12N2O2S/c14-11-5-16-10-2-1-7(3-8(10)13-11)9-4-12-6-15-9/h1-3,9,12H,4-6H2,(H,13,14). The molecule has 0 radical (unpaired) electrons. The number of hydrogen-bond donors (Lipinski definition) is 2. The number of carbonyl (C=O) groups excluding carboxylic acids is 1. The minimum atomic E-state index is 0.0696. The van der Waals surface area contributed by atoms with Gasteiger partial charge >= 0.3 is 0 Å². The molecule has 0 spiro atoms. The van der Waals surface area contributed by atoms with Gasteiger partial charge in [0.25, 0.3) is 0 Å². The van der Waals surface area contributed by atoms with Crippen LogP contribution in [0.15, 0.2) is 23.1 Å². The van der Waals surface area contributed by atoms with Crippen LogP contribution < -0.4 is 10.6 Å². The Morgan fingerprint density at radius 2 is 2.38 bits per heavy atom. The second-order valence-electron chi connectivity index (χ2n) is 3.85. The van der Waals surface area contributed by atoms with Crippen molar-refractivity contribution in [2.24, 2.45) is 0 Å². The van der Waals surface area contributed by atoms with Crippen molar-refractivity contribution in [3.63, 3.8) is 0 Å². The van der Waals surface area contributed by atoms with Gasteiger partial charge in [0.1, 0.15) is 0 Å². The predicted molar refractivity (Wildman–Crippen MR) is 62.5 cm³/mol. The lowest BCUT2D eigenvalue weighted by Gasteiger charge is -2.18. The second kappa shape index (κ2) is 4.08. The average molecular weight is 236 g/mol. The Morgan fingerprint density at radius 1 is 1.44 bits per heavy atom. The van der Waals surface area contributed by atoms with Gasteiger partial charge < -0.3 is 10.1 Å². The normalized spacial score (nSPS) is 24.0. The van der Waals surface area contributed by atoms with Crippen molar-refractivity contribution < 1.29 is 9.53 Å². The quantitative estimate of drug-likeness (QED) is 0.773. The van der Waals surface area contributed by atoms with E-state index in [1.54, 1.807) is 11.8 Å². The van der Waals surface area contributed by atoms with E-state index < -0.39 is 0 Å². The van der Waals surface area contributed by atoms with E-state index in [0.717, 1.165) is 22.7 Å². The first kappa shape index (κ1) is 10.1. The van der Waals surface area contributed by atoms with E-state index in [-0.39, 0.29) is 12.0 Å². The summed E-state index contributed by atoms with van der Waals surface area (Å²) in [4.78, 5) is 12.4. The third kappa shape index (κ3) is 1.81. The van der Waals surface area contributed by atoms with Crippen LogP contribution in [-0.2, 0) is 9.53 Å². The molecular weight excluding hydrogens is 224 g/mol. The van der Waals surface area contributed by atoms with Crippen LogP contribution in [0.2, 0.25) is 0 Å². The summed E-state index contributed by atoms with van der Waals surface area (Å²) < 4.78 is 5.53. The Kier molecular flexibility index (Phi) is 2.59. The highest BCUT2D eigenvalue weighted by Gasteiger charge is 2.20. The first-order valence-electron chi connectivity index (χ1n) is 5.22. The van der Waals surface area contributed by atoms with Crippen molar-refractivity contribution in [3.05, 3.63) is 23.8 Å². The number of amides is 1. The molecule has 1 amide bonds. The van der Waals surface area contributed by atoms with Gasteiger partial charge in [0.05, 0.1) is 24.3 Å². The van der Waals surface area contributed by atoms with Gasteiger partial charge in [-0.1, -0.05) is 6.07 Å². The molecule has 2 aliphatic rings. The zero-order valence-electron chi connectivity index (χ0n) is 8.66. The number of ether oxygens (including phenoxy) is 1. The van der Waals surface area contributed by atoms with Gasteiger partial charge in [-0.25, -0.2) is 0 Å². The molecule has 16 heavy (non-hydrogen) atoms. The number of carbonyl (C=O) groups is 1. The number of rotatable bonds is 1. The van der Waals surface area contributed by atoms with E-state index in [2.05, 4.69) is 22.8 Å². The van der Waals surface area contributed by atoms with Crippen molar-refractivity contribution in [1.82, 2.24) is 5.32 Å². The predicted octanol–water partition coefficient (Wildman–Crippen LogP) is 1.35.